The van der Waals surface area contributed by atoms with E-state index in [0.29, 0.717) is 12.5 Å². The van der Waals surface area contributed by atoms with Crippen LogP contribution >= 0.6 is 0 Å². The molecule has 1 unspecified atom stereocenters. The molecule has 0 saturated carbocycles. The third kappa shape index (κ3) is 4.65. The molecule has 8 heteroatoms. The van der Waals surface area contributed by atoms with Crippen LogP contribution in [0.2, 0.25) is 0 Å². The van der Waals surface area contributed by atoms with Crippen molar-refractivity contribution in [3.8, 4) is 5.82 Å². The minimum Gasteiger partial charge on any atom is -0.377 e. The Kier molecular flexibility index (Phi) is 6.81. The molecule has 3 aromatic heterocycles. The fourth-order valence-corrected chi connectivity index (χ4v) is 3.92. The zero-order valence-electron chi connectivity index (χ0n) is 18.4. The number of H-pyrrole nitrogens is 1. The maximum atomic E-state index is 9.06. The second kappa shape index (κ2) is 10.1. The molecular formula is C24H28N6O2. The molecule has 8 nitrogen and oxygen atoms in total. The summed E-state index contributed by atoms with van der Waals surface area (Å²) >= 11 is 0. The number of aromatic amines is 1. The monoisotopic (exact) mass is 432 g/mol. The SMILES string of the molecule is CC1COCCN1c1cc(Cc2ccccc2)c2ccn(-c3ccn[nH]3)c2n1.CNC=O. The van der Waals surface area contributed by atoms with Crippen molar-refractivity contribution in [1.29, 1.82) is 0 Å². The van der Waals surface area contributed by atoms with Crippen molar-refractivity contribution in [2.45, 2.75) is 19.4 Å². The van der Waals surface area contributed by atoms with Gasteiger partial charge >= 0.3 is 0 Å². The molecule has 1 saturated heterocycles. The van der Waals surface area contributed by atoms with E-state index in [-0.39, 0.29) is 0 Å². The van der Waals surface area contributed by atoms with E-state index in [0.717, 1.165) is 43.5 Å². The van der Waals surface area contributed by atoms with E-state index in [1.165, 1.54) is 16.5 Å². The number of anilines is 1. The van der Waals surface area contributed by atoms with Crippen LogP contribution in [-0.2, 0) is 16.0 Å². The van der Waals surface area contributed by atoms with E-state index in [1.807, 2.05) is 6.07 Å². The molecule has 166 valence electrons. The van der Waals surface area contributed by atoms with Crippen LogP contribution in [0, 0.1) is 0 Å². The van der Waals surface area contributed by atoms with Gasteiger partial charge in [-0.2, -0.15) is 5.10 Å². The van der Waals surface area contributed by atoms with Gasteiger partial charge in [-0.1, -0.05) is 30.3 Å². The number of hydrogen-bond acceptors (Lipinski definition) is 5. The second-order valence-corrected chi connectivity index (χ2v) is 7.69. The highest BCUT2D eigenvalue weighted by Crippen LogP contribution is 2.29. The number of rotatable bonds is 5. The molecule has 5 rings (SSSR count). The molecule has 1 aliphatic heterocycles. The molecule has 4 aromatic rings. The Labute approximate surface area is 187 Å². The van der Waals surface area contributed by atoms with Crippen molar-refractivity contribution in [1.82, 2.24) is 25.1 Å². The van der Waals surface area contributed by atoms with Gasteiger partial charge in [0.1, 0.15) is 17.3 Å². The molecule has 0 radical (unpaired) electrons. The first-order valence-electron chi connectivity index (χ1n) is 10.7. The van der Waals surface area contributed by atoms with Crippen LogP contribution in [0.5, 0.6) is 0 Å². The van der Waals surface area contributed by atoms with E-state index in [9.17, 15) is 0 Å². The van der Waals surface area contributed by atoms with E-state index in [4.69, 9.17) is 14.5 Å². The average molecular weight is 433 g/mol. The van der Waals surface area contributed by atoms with Gasteiger partial charge in [0.05, 0.1) is 25.5 Å². The third-order valence-corrected chi connectivity index (χ3v) is 5.49. The quantitative estimate of drug-likeness (QED) is 0.474. The Morgan fingerprint density at radius 1 is 1.25 bits per heavy atom. The maximum Gasteiger partial charge on any atom is 0.206 e. The zero-order chi connectivity index (χ0) is 22.3. The minimum absolute atomic E-state index is 0.304. The fraction of sp³-hybridized carbons (Fsp3) is 0.292. The summed E-state index contributed by atoms with van der Waals surface area (Å²) in [5.41, 5.74) is 3.53. The molecule has 1 aromatic carbocycles. The van der Waals surface area contributed by atoms with Gasteiger partial charge in [0, 0.05) is 31.2 Å². The molecule has 4 heterocycles. The predicted octanol–water partition coefficient (Wildman–Crippen LogP) is 2.93. The summed E-state index contributed by atoms with van der Waals surface area (Å²) in [7, 11) is 1.56. The van der Waals surface area contributed by atoms with E-state index < -0.39 is 0 Å². The summed E-state index contributed by atoms with van der Waals surface area (Å²) in [6.07, 6.45) is 5.32. The zero-order valence-corrected chi connectivity index (χ0v) is 18.4. The topological polar surface area (TPSA) is 88.1 Å². The van der Waals surface area contributed by atoms with Crippen LogP contribution in [0.25, 0.3) is 16.9 Å². The maximum absolute atomic E-state index is 9.06. The summed E-state index contributed by atoms with van der Waals surface area (Å²) in [5, 5.41) is 10.6. The number of carbonyl (C=O) groups is 1. The van der Waals surface area contributed by atoms with Crippen molar-refractivity contribution in [3.05, 3.63) is 72.1 Å². The summed E-state index contributed by atoms with van der Waals surface area (Å²) in [6, 6.07) is 17.2. The van der Waals surface area contributed by atoms with E-state index in [1.54, 1.807) is 13.2 Å². The van der Waals surface area contributed by atoms with Gasteiger partial charge in [0.15, 0.2) is 0 Å². The van der Waals surface area contributed by atoms with Gasteiger partial charge in [-0.25, -0.2) is 4.98 Å². The number of nitrogens with zero attached hydrogens (tertiary/aromatic N) is 4. The van der Waals surface area contributed by atoms with Gasteiger partial charge < -0.3 is 15.0 Å². The number of hydrogen-bond donors (Lipinski definition) is 2. The molecule has 1 fully saturated rings. The first-order chi connectivity index (χ1) is 15.7. The number of morpholine rings is 1. The van der Waals surface area contributed by atoms with Crippen LogP contribution < -0.4 is 10.2 Å². The van der Waals surface area contributed by atoms with Crippen molar-refractivity contribution >= 4 is 23.3 Å². The number of ether oxygens (including phenoxy) is 1. The van der Waals surface area contributed by atoms with Gasteiger partial charge in [-0.15, -0.1) is 0 Å². The van der Waals surface area contributed by atoms with Crippen molar-refractivity contribution in [3.63, 3.8) is 0 Å². The molecule has 0 aliphatic carbocycles. The number of amides is 1. The lowest BCUT2D eigenvalue weighted by Crippen LogP contribution is -2.44. The van der Waals surface area contributed by atoms with E-state index >= 15 is 0 Å². The van der Waals surface area contributed by atoms with Crippen molar-refractivity contribution in [2.75, 3.05) is 31.7 Å². The lowest BCUT2D eigenvalue weighted by atomic mass is 10.0. The largest absolute Gasteiger partial charge is 0.377 e. The first kappa shape index (κ1) is 21.6. The van der Waals surface area contributed by atoms with Crippen LogP contribution in [-0.4, -0.2) is 59.0 Å². The Morgan fingerprint density at radius 2 is 2.06 bits per heavy atom. The smallest absolute Gasteiger partial charge is 0.206 e. The second-order valence-electron chi connectivity index (χ2n) is 7.69. The Hall–Kier alpha value is -3.65. The number of pyridine rings is 1. The van der Waals surface area contributed by atoms with Crippen molar-refractivity contribution < 1.29 is 9.53 Å². The normalized spacial score (nSPS) is 15.8. The van der Waals surface area contributed by atoms with Crippen LogP contribution in [0.4, 0.5) is 5.82 Å². The van der Waals surface area contributed by atoms with Crippen LogP contribution in [0.15, 0.2) is 60.9 Å². The Morgan fingerprint density at radius 3 is 2.75 bits per heavy atom. The number of nitrogens with one attached hydrogen (secondary N) is 2. The highest BCUT2D eigenvalue weighted by Gasteiger charge is 2.22. The number of benzene rings is 1. The molecule has 1 atom stereocenters. The van der Waals surface area contributed by atoms with Gasteiger partial charge in [0.25, 0.3) is 0 Å². The van der Waals surface area contributed by atoms with Crippen LogP contribution in [0.3, 0.4) is 0 Å². The first-order valence-corrected chi connectivity index (χ1v) is 10.7. The fourth-order valence-electron chi connectivity index (χ4n) is 3.92. The molecule has 1 amide bonds. The van der Waals surface area contributed by atoms with Gasteiger partial charge in [0.2, 0.25) is 6.41 Å². The number of fused-ring (bicyclic) bond motifs is 1. The average Bonchev–Trinajstić information content (AvgIpc) is 3.50. The molecule has 32 heavy (non-hydrogen) atoms. The lowest BCUT2D eigenvalue weighted by molar-refractivity contribution is -0.109. The highest BCUT2D eigenvalue weighted by molar-refractivity contribution is 5.84. The minimum atomic E-state index is 0.304. The number of aromatic nitrogens is 4. The summed E-state index contributed by atoms with van der Waals surface area (Å²) in [6.45, 7) is 4.51. The Balaban J connectivity index is 0.000000567. The summed E-state index contributed by atoms with van der Waals surface area (Å²) in [5.74, 6) is 1.93. The predicted molar refractivity (Wildman–Crippen MR) is 125 cm³/mol. The van der Waals surface area contributed by atoms with Crippen molar-refractivity contribution in [2.24, 2.45) is 0 Å². The third-order valence-electron chi connectivity index (χ3n) is 5.49. The summed E-state index contributed by atoms with van der Waals surface area (Å²) < 4.78 is 7.70. The molecule has 1 aliphatic rings. The van der Waals surface area contributed by atoms with Gasteiger partial charge in [-0.3, -0.25) is 14.5 Å². The highest BCUT2D eigenvalue weighted by atomic mass is 16.5. The molecular weight excluding hydrogens is 404 g/mol. The molecule has 0 bridgehead atoms. The van der Waals surface area contributed by atoms with Crippen LogP contribution in [0.1, 0.15) is 18.1 Å². The molecule has 2 N–H and O–H groups in total. The molecule has 0 spiro atoms. The summed E-state index contributed by atoms with van der Waals surface area (Å²) in [4.78, 5) is 16.5. The lowest BCUT2D eigenvalue weighted by Gasteiger charge is -2.34. The Bertz CT molecular complexity index is 1140. The standard InChI is InChI=1S/C22H23N5O.C2H5NO/c1-16-15-28-12-11-26(16)21-14-18(13-17-5-3-2-4-6-17)19-8-10-27(22(19)24-21)20-7-9-23-25-20;1-3-2-4/h2-10,14,16H,11-13,15H2,1H3,(H,23,25);2H,1H3,(H,3,4). The van der Waals surface area contributed by atoms with E-state index in [2.05, 4.69) is 80.6 Å². The van der Waals surface area contributed by atoms with Gasteiger partial charge in [-0.05, 0) is 36.6 Å². The number of carbonyl (C=O) groups excluding carboxylic acids is 1.